The maximum Gasteiger partial charge on any atom is 0.162 e. The summed E-state index contributed by atoms with van der Waals surface area (Å²) in [7, 11) is 0. The lowest BCUT2D eigenvalue weighted by molar-refractivity contribution is -0.134. The van der Waals surface area contributed by atoms with Crippen LogP contribution in [0.15, 0.2) is 88.1 Å². The van der Waals surface area contributed by atoms with Crippen LogP contribution < -0.4 is 0 Å². The second kappa shape index (κ2) is 49.7. The standard InChI is InChI=1S/C16H28O2.2C15H26O2.C15H28O2.2C14H24O2/c1-5-10-18-15(11-13-8-6-7-9-13)14(17)12-16(2,3)4;1-6-7-17-14(9-12-8-11(12)2)13(16)10-15(3,4)5;1-5-9-17-14(10-12-7-6-8-12)13(16)11-15(2,3)4;1-8-9-17-13(11-15(5,6)7)12(16)10-14(2,3)4;1-5-8-16-13(9-11-6-7-11)12(15)10-14(2,3)4;1-7-8-16-13(9-11(2)3)12(15)10-14(4,5)6/h5,13,15H,1,6-12H2,2-4H3;6,11-12,14H,1,7-10H2,2-5H3;5,12,14H,1,6-11H2,2-4H3;8,13H,1,9-11H2,2-7H3;5,11,13H,1,6-10H2,2-4H3;7,13H,1-2,8-10H2,3-6H3. The number of ketones is 6. The fourth-order valence-electron chi connectivity index (χ4n) is 11.7. The van der Waals surface area contributed by atoms with Gasteiger partial charge in [-0.15, -0.1) is 46.1 Å². The number of carbonyl (C=O) groups excluding carboxylic acids is 6. The van der Waals surface area contributed by atoms with Gasteiger partial charge in [-0.25, -0.2) is 0 Å². The van der Waals surface area contributed by atoms with Gasteiger partial charge in [-0.2, -0.15) is 0 Å². The van der Waals surface area contributed by atoms with E-state index in [1.54, 1.807) is 36.5 Å². The molecule has 101 heavy (non-hydrogen) atoms. The molecule has 0 N–H and O–H groups in total. The predicted molar refractivity (Wildman–Crippen MR) is 425 cm³/mol. The average molecular weight is 1420 g/mol. The summed E-state index contributed by atoms with van der Waals surface area (Å²) in [5.41, 5.74) is 1.27. The van der Waals surface area contributed by atoms with E-state index in [4.69, 9.17) is 28.4 Å². The van der Waals surface area contributed by atoms with E-state index in [2.05, 4.69) is 198 Å². The lowest BCUT2D eigenvalue weighted by Crippen LogP contribution is -2.32. The van der Waals surface area contributed by atoms with Crippen molar-refractivity contribution in [3.05, 3.63) is 88.1 Å². The highest BCUT2D eigenvalue weighted by Gasteiger charge is 2.38. The molecular weight excluding hydrogens is 1260 g/mol. The monoisotopic (exact) mass is 1420 g/mol. The summed E-state index contributed by atoms with van der Waals surface area (Å²) in [5.74, 6) is 4.94. The lowest BCUT2D eigenvalue weighted by Gasteiger charge is -2.30. The van der Waals surface area contributed by atoms with E-state index in [0.717, 1.165) is 49.5 Å². The van der Waals surface area contributed by atoms with Crippen molar-refractivity contribution >= 4 is 34.7 Å². The van der Waals surface area contributed by atoms with Gasteiger partial charge >= 0.3 is 0 Å². The highest BCUT2D eigenvalue weighted by molar-refractivity contribution is 5.86. The van der Waals surface area contributed by atoms with Crippen LogP contribution in [-0.4, -0.2) is 111 Å². The van der Waals surface area contributed by atoms with E-state index >= 15 is 0 Å². The molecule has 4 saturated carbocycles. The molecule has 8 atom stereocenters. The molecule has 12 heteroatoms. The molecule has 0 aromatic heterocycles. The molecule has 0 saturated heterocycles. The van der Waals surface area contributed by atoms with Crippen molar-refractivity contribution in [2.75, 3.05) is 39.6 Å². The number of carbonyl (C=O) groups is 6. The number of hydrogen-bond acceptors (Lipinski definition) is 12. The minimum absolute atomic E-state index is 0.00193. The van der Waals surface area contributed by atoms with Crippen LogP contribution in [0, 0.1) is 67.5 Å². The van der Waals surface area contributed by atoms with E-state index in [1.165, 1.54) is 64.2 Å². The van der Waals surface area contributed by atoms with Crippen LogP contribution in [0.2, 0.25) is 0 Å². The topological polar surface area (TPSA) is 158 Å². The van der Waals surface area contributed by atoms with E-state index in [-0.39, 0.29) is 109 Å². The Morgan fingerprint density at radius 2 is 0.554 bits per heavy atom. The Kier molecular flexibility index (Phi) is 48.7. The highest BCUT2D eigenvalue weighted by atomic mass is 16.5. The number of ether oxygens (including phenoxy) is 6. The van der Waals surface area contributed by atoms with Crippen LogP contribution >= 0.6 is 0 Å². The second-order valence-corrected chi connectivity index (χ2v) is 38.1. The zero-order chi connectivity index (χ0) is 78.2. The van der Waals surface area contributed by atoms with Gasteiger partial charge in [0.2, 0.25) is 0 Å². The first kappa shape index (κ1) is 99.0. The largest absolute Gasteiger partial charge is 0.366 e. The third-order valence-electron chi connectivity index (χ3n) is 17.0. The molecule has 0 aromatic rings. The third kappa shape index (κ3) is 57.9. The Labute approximate surface area is 621 Å². The zero-order valence-corrected chi connectivity index (χ0v) is 69.5. The van der Waals surface area contributed by atoms with Crippen molar-refractivity contribution in [1.82, 2.24) is 0 Å². The van der Waals surface area contributed by atoms with Crippen molar-refractivity contribution in [2.24, 2.45) is 67.5 Å². The fraction of sp³-hybridized carbons (Fsp3) is 0.775. The molecule has 0 radical (unpaired) electrons. The first-order valence-electron chi connectivity index (χ1n) is 38.6. The molecule has 0 amide bonds. The van der Waals surface area contributed by atoms with Gasteiger partial charge < -0.3 is 28.4 Å². The fourth-order valence-corrected chi connectivity index (χ4v) is 11.7. The summed E-state index contributed by atoms with van der Waals surface area (Å²) in [6, 6.07) is 0. The smallest absolute Gasteiger partial charge is 0.162 e. The Morgan fingerprint density at radius 3 is 0.762 bits per heavy atom. The molecule has 8 unspecified atom stereocenters. The molecule has 4 aliphatic rings. The second-order valence-electron chi connectivity index (χ2n) is 38.1. The van der Waals surface area contributed by atoms with Crippen LogP contribution in [-0.2, 0) is 57.2 Å². The molecule has 12 nitrogen and oxygen atoms in total. The van der Waals surface area contributed by atoms with Crippen molar-refractivity contribution in [3.63, 3.8) is 0 Å². The van der Waals surface area contributed by atoms with Crippen molar-refractivity contribution in [3.8, 4) is 0 Å². The minimum atomic E-state index is -0.366. The molecule has 4 rings (SSSR count). The van der Waals surface area contributed by atoms with E-state index in [1.807, 2.05) is 6.92 Å². The van der Waals surface area contributed by atoms with Gasteiger partial charge in [0, 0.05) is 44.9 Å². The number of hydrogen-bond donors (Lipinski definition) is 0. The SMILES string of the molecule is C=CCOC(CC(=C)C)C(=O)CC(C)(C)C.C=CCOC(CC(C)(C)C)C(=O)CC(C)(C)C.C=CCOC(CC1CC1)C(=O)CC(C)(C)C.C=CCOC(CC1CC1C)C(=O)CC(C)(C)C.C=CCOC(CC1CCC1)C(=O)CC(C)(C)C.C=CCOC(CC1CCCC1)C(=O)CC(C)(C)C. The summed E-state index contributed by atoms with van der Waals surface area (Å²) in [4.78, 5) is 72.9. The number of rotatable bonds is 41. The van der Waals surface area contributed by atoms with E-state index in [9.17, 15) is 28.8 Å². The molecule has 4 aliphatic carbocycles. The van der Waals surface area contributed by atoms with Crippen molar-refractivity contribution in [2.45, 2.75) is 337 Å². The van der Waals surface area contributed by atoms with Crippen LogP contribution in [0.5, 0.6) is 0 Å². The summed E-state index contributed by atoms with van der Waals surface area (Å²) in [6.07, 6.45) is 29.9. The predicted octanol–water partition coefficient (Wildman–Crippen LogP) is 22.4. The van der Waals surface area contributed by atoms with Gasteiger partial charge in [0.1, 0.15) is 36.6 Å². The molecular formula is C89H156O12. The van der Waals surface area contributed by atoms with Gasteiger partial charge in [-0.1, -0.05) is 252 Å². The number of Topliss-reactive ketones (excluding diaryl/α,β-unsaturated/α-hetero) is 6. The summed E-state index contributed by atoms with van der Waals surface area (Å²) < 4.78 is 33.6. The van der Waals surface area contributed by atoms with Gasteiger partial charge in [0.05, 0.1) is 39.6 Å². The molecule has 584 valence electrons. The molecule has 4 fully saturated rings. The van der Waals surface area contributed by atoms with Crippen LogP contribution in [0.25, 0.3) is 0 Å². The lowest BCUT2D eigenvalue weighted by atomic mass is 9.79. The van der Waals surface area contributed by atoms with Gasteiger partial charge in [0.15, 0.2) is 34.7 Å². The Balaban J connectivity index is 0. The van der Waals surface area contributed by atoms with Gasteiger partial charge in [0.25, 0.3) is 0 Å². The molecule has 0 spiro atoms. The van der Waals surface area contributed by atoms with E-state index < -0.39 is 0 Å². The normalized spacial score (nSPS) is 18.2. The van der Waals surface area contributed by atoms with Gasteiger partial charge in [-0.3, -0.25) is 28.8 Å². The summed E-state index contributed by atoms with van der Waals surface area (Å²) in [5, 5.41) is 0. The molecule has 0 aliphatic heterocycles. The van der Waals surface area contributed by atoms with Crippen molar-refractivity contribution in [1.29, 1.82) is 0 Å². The zero-order valence-electron chi connectivity index (χ0n) is 69.5. The average Bonchev–Trinajstić information content (AvgIpc) is 1.72. The Bertz CT molecular complexity index is 2390. The van der Waals surface area contributed by atoms with Crippen LogP contribution in [0.1, 0.15) is 301 Å². The quantitative estimate of drug-likeness (QED) is 0.0534. The Morgan fingerprint density at radius 1 is 0.337 bits per heavy atom. The highest BCUT2D eigenvalue weighted by Crippen LogP contribution is 2.43. The van der Waals surface area contributed by atoms with Gasteiger partial charge in [-0.05, 0) is 113 Å². The minimum Gasteiger partial charge on any atom is -0.366 e. The first-order chi connectivity index (χ1) is 46.4. The maximum atomic E-state index is 12.3. The first-order valence-corrected chi connectivity index (χ1v) is 38.6. The maximum absolute atomic E-state index is 12.3. The van der Waals surface area contributed by atoms with Crippen LogP contribution in [0.4, 0.5) is 0 Å². The summed E-state index contributed by atoms with van der Waals surface area (Å²) >= 11 is 0. The Hall–Kier alpha value is -4.04. The van der Waals surface area contributed by atoms with Crippen molar-refractivity contribution < 1.29 is 57.2 Å². The molecule has 0 heterocycles. The molecule has 0 bridgehead atoms. The van der Waals surface area contributed by atoms with E-state index in [0.29, 0.717) is 102 Å². The molecule has 0 aromatic carbocycles. The third-order valence-corrected chi connectivity index (χ3v) is 17.0. The summed E-state index contributed by atoms with van der Waals surface area (Å²) in [6.45, 7) is 76.4. The van der Waals surface area contributed by atoms with Crippen LogP contribution in [0.3, 0.4) is 0 Å².